The molecule has 1 aliphatic rings. The molecule has 0 aromatic carbocycles. The molecule has 0 aromatic heterocycles. The second-order valence-corrected chi connectivity index (χ2v) is 4.25. The van der Waals surface area contributed by atoms with Crippen molar-refractivity contribution in [2.45, 2.75) is 32.8 Å². The van der Waals surface area contributed by atoms with E-state index in [1.165, 1.54) is 0 Å². The SMILES string of the molecule is CC(C#N)C(=O)N1CCC(C(C)O)CC1. The van der Waals surface area contributed by atoms with Crippen LogP contribution in [0.1, 0.15) is 26.7 Å². The van der Waals surface area contributed by atoms with Crippen LogP contribution >= 0.6 is 0 Å². The van der Waals surface area contributed by atoms with Gasteiger partial charge < -0.3 is 10.0 Å². The Morgan fingerprint density at radius 3 is 2.40 bits per heavy atom. The van der Waals surface area contributed by atoms with E-state index in [1.54, 1.807) is 18.7 Å². The molecule has 0 bridgehead atoms. The molecule has 0 radical (unpaired) electrons. The van der Waals surface area contributed by atoms with Crippen LogP contribution in [-0.4, -0.2) is 35.1 Å². The zero-order valence-electron chi connectivity index (χ0n) is 9.31. The van der Waals surface area contributed by atoms with Gasteiger partial charge >= 0.3 is 0 Å². The van der Waals surface area contributed by atoms with Crippen LogP contribution < -0.4 is 0 Å². The summed E-state index contributed by atoms with van der Waals surface area (Å²) in [6, 6.07) is 1.96. The number of aliphatic hydroxyl groups is 1. The van der Waals surface area contributed by atoms with E-state index < -0.39 is 5.92 Å². The van der Waals surface area contributed by atoms with Crippen molar-refractivity contribution >= 4 is 5.91 Å². The minimum absolute atomic E-state index is 0.0819. The summed E-state index contributed by atoms with van der Waals surface area (Å²) < 4.78 is 0. The third-order valence-corrected chi connectivity index (χ3v) is 3.10. The molecule has 4 heteroatoms. The van der Waals surface area contributed by atoms with Gasteiger partial charge in [0.1, 0.15) is 5.92 Å². The van der Waals surface area contributed by atoms with Crippen LogP contribution in [0.4, 0.5) is 0 Å². The van der Waals surface area contributed by atoms with Crippen LogP contribution in [0, 0.1) is 23.2 Å². The number of nitrogens with zero attached hydrogens (tertiary/aromatic N) is 2. The van der Waals surface area contributed by atoms with Crippen molar-refractivity contribution in [1.82, 2.24) is 4.90 Å². The molecule has 0 spiro atoms. The normalized spacial score (nSPS) is 21.9. The topological polar surface area (TPSA) is 64.3 Å². The minimum Gasteiger partial charge on any atom is -0.393 e. The summed E-state index contributed by atoms with van der Waals surface area (Å²) in [6.07, 6.45) is 1.37. The molecule has 4 nitrogen and oxygen atoms in total. The van der Waals surface area contributed by atoms with Crippen molar-refractivity contribution in [1.29, 1.82) is 5.26 Å². The fourth-order valence-electron chi connectivity index (χ4n) is 1.93. The van der Waals surface area contributed by atoms with Crippen molar-refractivity contribution < 1.29 is 9.90 Å². The first-order valence-corrected chi connectivity index (χ1v) is 5.42. The highest BCUT2D eigenvalue weighted by molar-refractivity contribution is 5.80. The molecule has 1 fully saturated rings. The number of likely N-dealkylation sites (tertiary alicyclic amines) is 1. The maximum Gasteiger partial charge on any atom is 0.239 e. The fourth-order valence-corrected chi connectivity index (χ4v) is 1.93. The smallest absolute Gasteiger partial charge is 0.239 e. The molecule has 1 heterocycles. The molecular weight excluding hydrogens is 192 g/mol. The van der Waals surface area contributed by atoms with E-state index in [4.69, 9.17) is 5.26 Å². The maximum atomic E-state index is 11.6. The summed E-state index contributed by atoms with van der Waals surface area (Å²) in [5.41, 5.74) is 0. The minimum atomic E-state index is -0.548. The van der Waals surface area contributed by atoms with E-state index in [0.717, 1.165) is 12.8 Å². The van der Waals surface area contributed by atoms with Gasteiger partial charge in [0.25, 0.3) is 0 Å². The molecule has 84 valence electrons. The average molecular weight is 210 g/mol. The lowest BCUT2D eigenvalue weighted by Gasteiger charge is -2.33. The van der Waals surface area contributed by atoms with Crippen LogP contribution in [0.3, 0.4) is 0 Å². The van der Waals surface area contributed by atoms with E-state index in [1.807, 2.05) is 6.07 Å². The van der Waals surface area contributed by atoms with Gasteiger partial charge in [-0.1, -0.05) is 0 Å². The summed E-state index contributed by atoms with van der Waals surface area (Å²) in [5, 5.41) is 18.0. The summed E-state index contributed by atoms with van der Waals surface area (Å²) in [5.74, 6) is -0.332. The number of carbonyl (C=O) groups is 1. The van der Waals surface area contributed by atoms with E-state index >= 15 is 0 Å². The van der Waals surface area contributed by atoms with Gasteiger partial charge in [0, 0.05) is 13.1 Å². The van der Waals surface area contributed by atoms with E-state index in [2.05, 4.69) is 0 Å². The Hall–Kier alpha value is -1.08. The van der Waals surface area contributed by atoms with Crippen molar-refractivity contribution in [3.63, 3.8) is 0 Å². The van der Waals surface area contributed by atoms with Gasteiger partial charge in [-0.25, -0.2) is 0 Å². The standard InChI is InChI=1S/C11H18N2O2/c1-8(7-12)11(15)13-5-3-10(4-6-13)9(2)14/h8-10,14H,3-6H2,1-2H3. The zero-order valence-corrected chi connectivity index (χ0v) is 9.31. The van der Waals surface area contributed by atoms with Crippen LogP contribution in [0.2, 0.25) is 0 Å². The molecular formula is C11H18N2O2. The molecule has 0 aliphatic carbocycles. The summed E-state index contributed by atoms with van der Waals surface area (Å²) in [6.45, 7) is 4.75. The number of piperidine rings is 1. The van der Waals surface area contributed by atoms with Crippen LogP contribution in [0.5, 0.6) is 0 Å². The highest BCUT2D eigenvalue weighted by atomic mass is 16.3. The van der Waals surface area contributed by atoms with Crippen LogP contribution in [-0.2, 0) is 4.79 Å². The molecule has 1 saturated heterocycles. The van der Waals surface area contributed by atoms with Crippen molar-refractivity contribution in [2.75, 3.05) is 13.1 Å². The first kappa shape index (κ1) is 12.0. The van der Waals surface area contributed by atoms with Gasteiger partial charge in [0.15, 0.2) is 0 Å². The number of rotatable bonds is 2. The molecule has 15 heavy (non-hydrogen) atoms. The van der Waals surface area contributed by atoms with Gasteiger partial charge in [-0.15, -0.1) is 0 Å². The lowest BCUT2D eigenvalue weighted by molar-refractivity contribution is -0.135. The zero-order chi connectivity index (χ0) is 11.4. The van der Waals surface area contributed by atoms with Gasteiger partial charge in [0.05, 0.1) is 12.2 Å². The largest absolute Gasteiger partial charge is 0.393 e. The number of amides is 1. The Labute approximate surface area is 90.5 Å². The number of nitriles is 1. The number of aliphatic hydroxyl groups excluding tert-OH is 1. The Morgan fingerprint density at radius 2 is 2.00 bits per heavy atom. The van der Waals surface area contributed by atoms with Crippen LogP contribution in [0.15, 0.2) is 0 Å². The maximum absolute atomic E-state index is 11.6. The van der Waals surface area contributed by atoms with Gasteiger partial charge in [-0.05, 0) is 32.6 Å². The predicted octanol–water partition coefficient (Wildman–Crippen LogP) is 0.765. The molecule has 1 amide bonds. The highest BCUT2D eigenvalue weighted by Gasteiger charge is 2.27. The number of carbonyl (C=O) groups excluding carboxylic acids is 1. The number of hydrogen-bond donors (Lipinski definition) is 1. The second kappa shape index (κ2) is 5.13. The first-order valence-electron chi connectivity index (χ1n) is 5.42. The lowest BCUT2D eigenvalue weighted by Crippen LogP contribution is -2.42. The highest BCUT2D eigenvalue weighted by Crippen LogP contribution is 2.21. The summed E-state index contributed by atoms with van der Waals surface area (Å²) in [4.78, 5) is 13.4. The van der Waals surface area contributed by atoms with Crippen LogP contribution in [0.25, 0.3) is 0 Å². The van der Waals surface area contributed by atoms with Gasteiger partial charge in [-0.3, -0.25) is 4.79 Å². The Kier molecular flexibility index (Phi) is 4.10. The fraction of sp³-hybridized carbons (Fsp3) is 0.818. The van der Waals surface area contributed by atoms with Crippen molar-refractivity contribution in [2.24, 2.45) is 11.8 Å². The molecule has 2 unspecified atom stereocenters. The third-order valence-electron chi connectivity index (χ3n) is 3.10. The quantitative estimate of drug-likeness (QED) is 0.732. The Bertz CT molecular complexity index is 262. The van der Waals surface area contributed by atoms with Gasteiger partial charge in [-0.2, -0.15) is 5.26 Å². The summed E-state index contributed by atoms with van der Waals surface area (Å²) in [7, 11) is 0. The van der Waals surface area contributed by atoms with Crippen molar-refractivity contribution in [3.05, 3.63) is 0 Å². The van der Waals surface area contributed by atoms with Gasteiger partial charge in [0.2, 0.25) is 5.91 Å². The van der Waals surface area contributed by atoms with E-state index in [9.17, 15) is 9.90 Å². The van der Waals surface area contributed by atoms with Crippen molar-refractivity contribution in [3.8, 4) is 6.07 Å². The Morgan fingerprint density at radius 1 is 1.47 bits per heavy atom. The van der Waals surface area contributed by atoms with E-state index in [0.29, 0.717) is 19.0 Å². The molecule has 1 N–H and O–H groups in total. The third kappa shape index (κ3) is 2.93. The monoisotopic (exact) mass is 210 g/mol. The first-order chi connectivity index (χ1) is 7.06. The average Bonchev–Trinajstić information content (AvgIpc) is 2.27. The predicted molar refractivity (Wildman–Crippen MR) is 55.8 cm³/mol. The molecule has 0 aromatic rings. The number of hydrogen-bond acceptors (Lipinski definition) is 3. The lowest BCUT2D eigenvalue weighted by atomic mass is 9.92. The van der Waals surface area contributed by atoms with E-state index in [-0.39, 0.29) is 12.0 Å². The molecule has 0 saturated carbocycles. The summed E-state index contributed by atoms with van der Waals surface area (Å²) >= 11 is 0. The second-order valence-electron chi connectivity index (χ2n) is 4.25. The molecule has 1 aliphatic heterocycles. The molecule has 1 rings (SSSR count). The molecule has 2 atom stereocenters. The Balaban J connectivity index is 2.44.